The van der Waals surface area contributed by atoms with Crippen LogP contribution >= 0.6 is 0 Å². The highest BCUT2D eigenvalue weighted by atomic mass is 16.3. The van der Waals surface area contributed by atoms with Gasteiger partial charge in [-0.3, -0.25) is 29.1 Å². The Labute approximate surface area is 202 Å². The average Bonchev–Trinajstić information content (AvgIpc) is 2.84. The third kappa shape index (κ3) is 5.84. The van der Waals surface area contributed by atoms with Crippen LogP contribution in [0.25, 0.3) is 23.3 Å². The molecule has 0 amide bonds. The number of aryl methyl sites for hydroxylation is 4. The van der Waals surface area contributed by atoms with Crippen molar-refractivity contribution in [3.63, 3.8) is 0 Å². The van der Waals surface area contributed by atoms with Crippen molar-refractivity contribution in [3.05, 3.63) is 99.1 Å². The van der Waals surface area contributed by atoms with Crippen LogP contribution in [0.1, 0.15) is 54.7 Å². The summed E-state index contributed by atoms with van der Waals surface area (Å²) in [6.07, 6.45) is 3.87. The first-order chi connectivity index (χ1) is 16.5. The molecular formula is C27H28N2O6. The minimum atomic E-state index is -0.813. The number of aromatic hydroxyl groups is 2. The topological polar surface area (TPSA) is 135 Å². The molecule has 0 aliphatic rings. The van der Waals surface area contributed by atoms with E-state index in [1.165, 1.54) is 6.08 Å². The highest BCUT2D eigenvalue weighted by Crippen LogP contribution is 2.25. The zero-order valence-electron chi connectivity index (χ0n) is 20.6. The van der Waals surface area contributed by atoms with Crippen LogP contribution in [0.15, 0.2) is 43.4 Å². The van der Waals surface area contributed by atoms with Crippen LogP contribution in [0.2, 0.25) is 0 Å². The van der Waals surface area contributed by atoms with E-state index >= 15 is 0 Å². The maximum atomic E-state index is 11.3. The molecule has 8 nitrogen and oxygen atoms in total. The minimum absolute atomic E-state index is 0.0714. The first-order valence-electron chi connectivity index (χ1n) is 11.2. The molecule has 0 spiro atoms. The smallest absolute Gasteiger partial charge is 0.268 e. The molecule has 4 rings (SSSR count). The van der Waals surface area contributed by atoms with Gasteiger partial charge in [-0.05, 0) is 68.7 Å². The molecule has 2 aromatic carbocycles. The highest BCUT2D eigenvalue weighted by Gasteiger charge is 2.22. The molecule has 0 aliphatic heterocycles. The van der Waals surface area contributed by atoms with Gasteiger partial charge < -0.3 is 10.2 Å². The van der Waals surface area contributed by atoms with Crippen molar-refractivity contribution in [2.75, 3.05) is 0 Å². The van der Waals surface area contributed by atoms with Crippen molar-refractivity contribution in [1.82, 2.24) is 9.97 Å². The Morgan fingerprint density at radius 1 is 0.714 bits per heavy atom. The minimum Gasteiger partial charge on any atom is -0.504 e. The lowest BCUT2D eigenvalue weighted by Crippen LogP contribution is -2.32. The van der Waals surface area contributed by atoms with Gasteiger partial charge in [0.2, 0.25) is 10.9 Å². The summed E-state index contributed by atoms with van der Waals surface area (Å²) in [5.74, 6) is -0.883. The fraction of sp³-hybridized carbons (Fsp3) is 0.259. The quantitative estimate of drug-likeness (QED) is 0.429. The Morgan fingerprint density at radius 2 is 1.26 bits per heavy atom. The summed E-state index contributed by atoms with van der Waals surface area (Å²) in [5, 5.41) is 18.5. The summed E-state index contributed by atoms with van der Waals surface area (Å²) in [5.41, 5.74) is 2.11. The second kappa shape index (κ2) is 11.3. The second-order valence-electron chi connectivity index (χ2n) is 7.66. The van der Waals surface area contributed by atoms with Gasteiger partial charge in [0.05, 0.1) is 11.1 Å². The van der Waals surface area contributed by atoms with Crippen molar-refractivity contribution >= 4 is 12.2 Å². The van der Waals surface area contributed by atoms with E-state index in [0.717, 1.165) is 34.8 Å². The number of rotatable bonds is 4. The molecule has 0 atom stereocenters. The molecule has 0 saturated heterocycles. The molecule has 35 heavy (non-hydrogen) atoms. The monoisotopic (exact) mass is 476 g/mol. The molecule has 0 unspecified atom stereocenters. The summed E-state index contributed by atoms with van der Waals surface area (Å²) in [6, 6.07) is 7.12. The van der Waals surface area contributed by atoms with Crippen molar-refractivity contribution < 1.29 is 10.2 Å². The molecule has 0 bridgehead atoms. The van der Waals surface area contributed by atoms with Crippen LogP contribution in [0, 0.1) is 20.8 Å². The Balaban J connectivity index is 0.000000231. The van der Waals surface area contributed by atoms with E-state index in [-0.39, 0.29) is 11.1 Å². The van der Waals surface area contributed by atoms with Crippen LogP contribution in [0.5, 0.6) is 11.5 Å². The van der Waals surface area contributed by atoms with Crippen LogP contribution < -0.4 is 21.7 Å². The molecule has 2 heterocycles. The van der Waals surface area contributed by atoms with Gasteiger partial charge in [-0.15, -0.1) is 0 Å². The highest BCUT2D eigenvalue weighted by molar-refractivity contribution is 5.74. The maximum absolute atomic E-state index is 11.3. The number of aromatic nitrogens is 2. The number of hydrogen-bond donors (Lipinski definition) is 2. The summed E-state index contributed by atoms with van der Waals surface area (Å²) in [7, 11) is 0. The van der Waals surface area contributed by atoms with Gasteiger partial charge in [0.25, 0.3) is 10.9 Å². The van der Waals surface area contributed by atoms with Gasteiger partial charge in [0.15, 0.2) is 11.5 Å². The Bertz CT molecular complexity index is 1510. The fourth-order valence-electron chi connectivity index (χ4n) is 3.40. The lowest BCUT2D eigenvalue weighted by molar-refractivity contribution is 0.461. The number of hydrogen-bond acceptors (Lipinski definition) is 8. The molecule has 182 valence electrons. The van der Waals surface area contributed by atoms with E-state index in [2.05, 4.69) is 9.97 Å². The average molecular weight is 477 g/mol. The second-order valence-corrected chi connectivity index (χ2v) is 7.66. The normalized spacial score (nSPS) is 10.7. The predicted molar refractivity (Wildman–Crippen MR) is 137 cm³/mol. The lowest BCUT2D eigenvalue weighted by Gasteiger charge is -2.08. The van der Waals surface area contributed by atoms with Crippen molar-refractivity contribution in [2.45, 2.75) is 48.0 Å². The third-order valence-corrected chi connectivity index (χ3v) is 5.01. The summed E-state index contributed by atoms with van der Waals surface area (Å²) in [6.45, 7) is 11.5. The Hall–Kier alpha value is -4.20. The van der Waals surface area contributed by atoms with Crippen LogP contribution in [-0.2, 0) is 6.42 Å². The summed E-state index contributed by atoms with van der Waals surface area (Å²) < 4.78 is 0. The van der Waals surface area contributed by atoms with E-state index in [1.807, 2.05) is 53.7 Å². The Morgan fingerprint density at radius 3 is 1.77 bits per heavy atom. The molecule has 0 radical (unpaired) electrons. The van der Waals surface area contributed by atoms with Gasteiger partial charge in [-0.2, -0.15) is 0 Å². The summed E-state index contributed by atoms with van der Waals surface area (Å²) in [4.78, 5) is 52.6. The van der Waals surface area contributed by atoms with Crippen molar-refractivity contribution in [1.29, 1.82) is 0 Å². The molecule has 0 saturated carbocycles. The molecule has 0 fully saturated rings. The molecule has 2 aromatic heterocycles. The van der Waals surface area contributed by atoms with Crippen LogP contribution in [-0.4, -0.2) is 20.2 Å². The first kappa shape index (κ1) is 27.0. The van der Waals surface area contributed by atoms with E-state index < -0.39 is 33.2 Å². The molecular weight excluding hydrogens is 448 g/mol. The number of pyridine rings is 2. The standard InChI is InChI=1S/C13H11NO3.C12H11NO3.C2H6/c1-7-5-9(6-8(2)14-7)3-4-10-11(15)13(17)12(10)16;1-3-8-5-7(4-6(2)13-8)9-10(14)12(16)11(9)15;1-2/h3-6,15H,1-2H3;4-5,14H,3H2,1-2H3;1-2H3/b4-3+;;. The van der Waals surface area contributed by atoms with E-state index in [9.17, 15) is 29.4 Å². The summed E-state index contributed by atoms with van der Waals surface area (Å²) >= 11 is 0. The van der Waals surface area contributed by atoms with Gasteiger partial charge in [0.1, 0.15) is 0 Å². The van der Waals surface area contributed by atoms with Crippen LogP contribution in [0.3, 0.4) is 0 Å². The maximum Gasteiger partial charge on any atom is 0.268 e. The van der Waals surface area contributed by atoms with E-state index in [0.29, 0.717) is 5.56 Å². The van der Waals surface area contributed by atoms with E-state index in [1.54, 1.807) is 18.2 Å². The molecule has 2 N–H and O–H groups in total. The SMILES string of the molecule is CC.CCc1cc(-c2c(O)c(=O)c2=O)cc(C)n1.Cc1cc(/C=C/c2c(O)c(=O)c2=O)cc(C)n1. The van der Waals surface area contributed by atoms with E-state index in [4.69, 9.17) is 0 Å². The largest absolute Gasteiger partial charge is 0.504 e. The Kier molecular flexibility index (Phi) is 8.72. The fourth-order valence-corrected chi connectivity index (χ4v) is 3.40. The van der Waals surface area contributed by atoms with Crippen molar-refractivity contribution in [3.8, 4) is 22.6 Å². The first-order valence-corrected chi connectivity index (χ1v) is 11.2. The van der Waals surface area contributed by atoms with Crippen LogP contribution in [0.4, 0.5) is 0 Å². The molecule has 0 aliphatic carbocycles. The lowest BCUT2D eigenvalue weighted by atomic mass is 9.99. The molecule has 8 heteroatoms. The zero-order valence-corrected chi connectivity index (χ0v) is 20.6. The van der Waals surface area contributed by atoms with Gasteiger partial charge in [0, 0.05) is 22.8 Å². The number of nitrogens with zero attached hydrogens (tertiary/aromatic N) is 2. The van der Waals surface area contributed by atoms with Gasteiger partial charge in [-0.1, -0.05) is 26.8 Å². The molecule has 4 aromatic rings. The van der Waals surface area contributed by atoms with Crippen molar-refractivity contribution in [2.24, 2.45) is 0 Å². The third-order valence-electron chi connectivity index (χ3n) is 5.01. The van der Waals surface area contributed by atoms with Gasteiger partial charge in [-0.25, -0.2) is 0 Å². The zero-order chi connectivity index (χ0) is 26.4. The predicted octanol–water partition coefficient (Wildman–Crippen LogP) is 3.12. The van der Waals surface area contributed by atoms with Gasteiger partial charge >= 0.3 is 0 Å².